The molecule has 4 nitrogen and oxygen atoms in total. The number of hydrogen-bond acceptors (Lipinski definition) is 5. The highest BCUT2D eigenvalue weighted by Crippen LogP contribution is 2.44. The normalized spacial score (nSPS) is 14.4. The zero-order valence-corrected chi connectivity index (χ0v) is 34.3. The maximum absolute atomic E-state index is 5.51. The molecule has 1 unspecified atom stereocenters. The van der Waals surface area contributed by atoms with Gasteiger partial charge in [0.05, 0.1) is 11.0 Å². The molecule has 0 radical (unpaired) electrons. The molecule has 9 aromatic carbocycles. The third-order valence-corrected chi connectivity index (χ3v) is 14.7. The summed E-state index contributed by atoms with van der Waals surface area (Å²) in [6.45, 7) is 0. The summed E-state index contributed by atoms with van der Waals surface area (Å²) in [6.07, 6.45) is -0.341. The molecule has 1 aliphatic rings. The van der Waals surface area contributed by atoms with E-state index in [-0.39, 0.29) is 6.17 Å². The van der Waals surface area contributed by atoms with E-state index in [1.807, 2.05) is 22.7 Å². The van der Waals surface area contributed by atoms with Crippen LogP contribution in [0.2, 0.25) is 0 Å². The fourth-order valence-corrected chi connectivity index (χ4v) is 11.9. The number of fused-ring (bicyclic) bond motifs is 10. The Labute approximate surface area is 359 Å². The molecule has 0 saturated heterocycles. The average Bonchev–Trinajstić information content (AvgIpc) is 4.00. The van der Waals surface area contributed by atoms with E-state index < -0.39 is 0 Å². The Balaban J connectivity index is 1.09. The van der Waals surface area contributed by atoms with Crippen LogP contribution in [0.25, 0.3) is 89.7 Å². The fourth-order valence-electron chi connectivity index (χ4n) is 9.43. The third-order valence-electron chi connectivity index (χ3n) is 12.3. The number of rotatable bonds is 5. The summed E-state index contributed by atoms with van der Waals surface area (Å²) in [4.78, 5) is 11.0. The van der Waals surface area contributed by atoms with Crippen molar-refractivity contribution in [1.29, 1.82) is 0 Å². The molecule has 0 saturated carbocycles. The number of benzene rings is 9. The maximum atomic E-state index is 5.51. The number of amidine groups is 2. The van der Waals surface area contributed by atoms with Crippen molar-refractivity contribution < 1.29 is 0 Å². The number of aromatic nitrogens is 1. The Morgan fingerprint density at radius 2 is 1.03 bits per heavy atom. The van der Waals surface area contributed by atoms with Gasteiger partial charge in [0.25, 0.3) is 0 Å². The molecule has 0 fully saturated rings. The minimum Gasteiger partial charge on any atom is -0.344 e. The lowest BCUT2D eigenvalue weighted by atomic mass is 9.96. The van der Waals surface area contributed by atoms with Gasteiger partial charge in [-0.3, -0.25) is 0 Å². The highest BCUT2D eigenvalue weighted by molar-refractivity contribution is 7.26. The van der Waals surface area contributed by atoms with Crippen molar-refractivity contribution >= 4 is 107 Å². The van der Waals surface area contributed by atoms with Crippen molar-refractivity contribution in [2.24, 2.45) is 9.98 Å². The highest BCUT2D eigenvalue weighted by atomic mass is 32.1. The van der Waals surface area contributed by atoms with E-state index in [0.29, 0.717) is 5.84 Å². The van der Waals surface area contributed by atoms with Crippen molar-refractivity contribution in [3.63, 3.8) is 0 Å². The van der Waals surface area contributed by atoms with Gasteiger partial charge in [0, 0.05) is 73.5 Å². The summed E-state index contributed by atoms with van der Waals surface area (Å²) in [5.41, 5.74) is 8.85. The number of thiophene rings is 2. The molecule has 1 aliphatic heterocycles. The Bertz CT molecular complexity index is 3810. The van der Waals surface area contributed by atoms with Crippen LogP contribution >= 0.6 is 22.7 Å². The van der Waals surface area contributed by atoms with Crippen LogP contribution in [0, 0.1) is 0 Å². The molecular weight excluding hydrogens is 781 g/mol. The molecule has 4 heterocycles. The summed E-state index contributed by atoms with van der Waals surface area (Å²) in [7, 11) is 0. The highest BCUT2D eigenvalue weighted by Gasteiger charge is 2.26. The summed E-state index contributed by atoms with van der Waals surface area (Å²) in [5, 5.41) is 13.8. The molecule has 1 atom stereocenters. The van der Waals surface area contributed by atoms with Gasteiger partial charge < -0.3 is 9.88 Å². The third kappa shape index (κ3) is 5.43. The minimum absolute atomic E-state index is 0.341. The molecular formula is C55H34N4S2. The van der Waals surface area contributed by atoms with Gasteiger partial charge in [-0.05, 0) is 76.5 Å². The van der Waals surface area contributed by atoms with Gasteiger partial charge in [0.1, 0.15) is 12.0 Å². The van der Waals surface area contributed by atoms with Crippen LogP contribution in [-0.2, 0) is 0 Å². The fraction of sp³-hybridized carbons (Fsp3) is 0.0182. The standard InChI is InChI=1S/C55H34N4S2/c1-2-14-33(15-3-1)53-56-54(58-55(57-53)44-24-13-22-41-39-20-8-11-27-50(39)61-52(41)44)43-29-28-36(32-45(43)42-23-12-21-40-38-19-7-10-26-49(38)60-51(40)42)59-47-25-9-6-18-37(47)46-30-34-16-4-5-17-35(34)31-48(46)59/h1-32,53H,(H,56,57,58). The molecule has 1 N–H and O–H groups in total. The first-order valence-electron chi connectivity index (χ1n) is 20.6. The van der Waals surface area contributed by atoms with Crippen molar-refractivity contribution in [2.45, 2.75) is 6.17 Å². The molecule has 3 aromatic heterocycles. The summed E-state index contributed by atoms with van der Waals surface area (Å²) < 4.78 is 7.44. The van der Waals surface area contributed by atoms with E-state index >= 15 is 0 Å². The quantitative estimate of drug-likeness (QED) is 0.185. The Morgan fingerprint density at radius 1 is 0.426 bits per heavy atom. The van der Waals surface area contributed by atoms with Crippen molar-refractivity contribution in [2.75, 3.05) is 0 Å². The first-order valence-corrected chi connectivity index (χ1v) is 22.2. The molecule has 6 heteroatoms. The van der Waals surface area contributed by atoms with E-state index in [1.165, 1.54) is 78.5 Å². The zero-order valence-electron chi connectivity index (χ0n) is 32.7. The summed E-state index contributed by atoms with van der Waals surface area (Å²) in [6, 6.07) is 70.3. The van der Waals surface area contributed by atoms with Crippen molar-refractivity contribution in [3.05, 3.63) is 211 Å². The lowest BCUT2D eigenvalue weighted by molar-refractivity contribution is 0.674. The van der Waals surface area contributed by atoms with E-state index in [9.17, 15) is 0 Å². The first kappa shape index (κ1) is 34.5. The molecule has 0 bridgehead atoms. The lowest BCUT2D eigenvalue weighted by Gasteiger charge is -2.25. The van der Waals surface area contributed by atoms with Crippen LogP contribution < -0.4 is 5.32 Å². The maximum Gasteiger partial charge on any atom is 0.160 e. The van der Waals surface area contributed by atoms with Crippen LogP contribution in [0.15, 0.2) is 204 Å². The predicted molar refractivity (Wildman–Crippen MR) is 261 cm³/mol. The number of para-hydroxylation sites is 1. The molecule has 13 rings (SSSR count). The van der Waals surface area contributed by atoms with Crippen LogP contribution in [0.5, 0.6) is 0 Å². The zero-order chi connectivity index (χ0) is 40.0. The van der Waals surface area contributed by atoms with Crippen LogP contribution in [0.1, 0.15) is 22.9 Å². The molecule has 61 heavy (non-hydrogen) atoms. The number of nitrogens with zero attached hydrogens (tertiary/aromatic N) is 3. The van der Waals surface area contributed by atoms with E-state index in [0.717, 1.165) is 33.8 Å². The van der Waals surface area contributed by atoms with Gasteiger partial charge in [-0.25, -0.2) is 9.98 Å². The van der Waals surface area contributed by atoms with E-state index in [1.54, 1.807) is 0 Å². The van der Waals surface area contributed by atoms with Crippen molar-refractivity contribution in [3.8, 4) is 16.8 Å². The molecule has 12 aromatic rings. The van der Waals surface area contributed by atoms with Gasteiger partial charge >= 0.3 is 0 Å². The SMILES string of the molecule is c1ccc(C2N=C(c3ccc(-n4c5ccccc5c5cc6ccccc6cc54)cc3-c3cccc4c3sc3ccccc34)N=C(c3cccc4c3sc3ccccc34)N2)cc1. The molecule has 0 spiro atoms. The predicted octanol–water partition coefficient (Wildman–Crippen LogP) is 14.8. The first-order chi connectivity index (χ1) is 30.2. The van der Waals surface area contributed by atoms with Crippen LogP contribution in [0.4, 0.5) is 0 Å². The minimum atomic E-state index is -0.341. The van der Waals surface area contributed by atoms with E-state index in [2.05, 4.69) is 204 Å². The second kappa shape index (κ2) is 13.6. The monoisotopic (exact) mass is 814 g/mol. The lowest BCUT2D eigenvalue weighted by Crippen LogP contribution is -2.33. The van der Waals surface area contributed by atoms with Gasteiger partial charge in [-0.2, -0.15) is 0 Å². The Morgan fingerprint density at radius 3 is 1.79 bits per heavy atom. The van der Waals surface area contributed by atoms with Gasteiger partial charge in [-0.1, -0.05) is 140 Å². The Kier molecular flexibility index (Phi) is 7.67. The van der Waals surface area contributed by atoms with Gasteiger partial charge in [0.15, 0.2) is 5.84 Å². The summed E-state index contributed by atoms with van der Waals surface area (Å²) >= 11 is 3.67. The van der Waals surface area contributed by atoms with Crippen LogP contribution in [0.3, 0.4) is 0 Å². The van der Waals surface area contributed by atoms with Gasteiger partial charge in [-0.15, -0.1) is 22.7 Å². The number of aliphatic imine (C=N–C) groups is 2. The van der Waals surface area contributed by atoms with Crippen molar-refractivity contribution in [1.82, 2.24) is 9.88 Å². The largest absolute Gasteiger partial charge is 0.344 e. The second-order valence-corrected chi connectivity index (χ2v) is 17.8. The topological polar surface area (TPSA) is 41.7 Å². The summed E-state index contributed by atoms with van der Waals surface area (Å²) in [5.74, 6) is 1.52. The average molecular weight is 815 g/mol. The molecule has 0 amide bonds. The number of nitrogens with one attached hydrogen (secondary N) is 1. The smallest absolute Gasteiger partial charge is 0.160 e. The second-order valence-electron chi connectivity index (χ2n) is 15.7. The van der Waals surface area contributed by atoms with Gasteiger partial charge in [0.2, 0.25) is 0 Å². The Hall–Kier alpha value is -7.38. The molecule has 0 aliphatic carbocycles. The molecule has 286 valence electrons. The van der Waals surface area contributed by atoms with Crippen LogP contribution in [-0.4, -0.2) is 16.2 Å². The number of hydrogen-bond donors (Lipinski definition) is 1. The van der Waals surface area contributed by atoms with E-state index in [4.69, 9.17) is 9.98 Å².